The number of carbonyl (C=O) groups excluding carboxylic acids is 1. The predicted molar refractivity (Wildman–Crippen MR) is 37.1 cm³/mol. The highest BCUT2D eigenvalue weighted by molar-refractivity contribution is 5.89. The molecule has 0 N–H and O–H groups in total. The maximum absolute atomic E-state index is 10.9. The summed E-state index contributed by atoms with van der Waals surface area (Å²) in [5, 5.41) is 0. The van der Waals surface area contributed by atoms with Crippen LogP contribution in [-0.4, -0.2) is 5.78 Å². The second kappa shape index (κ2) is 2.18. The van der Waals surface area contributed by atoms with Crippen molar-refractivity contribution in [1.82, 2.24) is 0 Å². The lowest BCUT2D eigenvalue weighted by Gasteiger charge is -2.02. The van der Waals surface area contributed by atoms with E-state index in [-0.39, 0.29) is 11.7 Å². The largest absolute Gasteiger partial charge is 0.298 e. The van der Waals surface area contributed by atoms with Crippen LogP contribution in [-0.2, 0) is 4.79 Å². The molecule has 0 bridgehead atoms. The highest BCUT2D eigenvalue weighted by Gasteiger charge is 2.18. The summed E-state index contributed by atoms with van der Waals surface area (Å²) in [6.07, 6.45) is 4.42. The fraction of sp³-hybridized carbons (Fsp3) is 0.375. The molecular formula is C8H10O. The minimum absolute atomic E-state index is 0.0185. The lowest BCUT2D eigenvalue weighted by Crippen LogP contribution is -2.06. The van der Waals surface area contributed by atoms with Crippen molar-refractivity contribution in [2.24, 2.45) is 5.92 Å². The van der Waals surface area contributed by atoms with Crippen LogP contribution in [0.3, 0.4) is 0 Å². The minimum atomic E-state index is 0.0185. The average molecular weight is 122 g/mol. The monoisotopic (exact) mass is 122 g/mol. The number of hydrogen-bond donors (Lipinski definition) is 0. The number of allylic oxidation sites excluding steroid dienone is 3. The van der Waals surface area contributed by atoms with Crippen LogP contribution in [0.15, 0.2) is 24.3 Å². The highest BCUT2D eigenvalue weighted by Crippen LogP contribution is 2.19. The van der Waals surface area contributed by atoms with Crippen molar-refractivity contribution >= 4 is 5.78 Å². The SMILES string of the molecule is C=C(C)C1C=CCC1=O. The molecule has 1 heteroatoms. The number of Topliss-reactive ketones (excluding diaryl/α,β-unsaturated/α-hetero) is 1. The first-order valence-corrected chi connectivity index (χ1v) is 3.06. The topological polar surface area (TPSA) is 17.1 Å². The van der Waals surface area contributed by atoms with Gasteiger partial charge < -0.3 is 0 Å². The van der Waals surface area contributed by atoms with E-state index in [9.17, 15) is 4.79 Å². The van der Waals surface area contributed by atoms with Gasteiger partial charge in [-0.1, -0.05) is 24.3 Å². The van der Waals surface area contributed by atoms with Gasteiger partial charge in [0, 0.05) is 6.42 Å². The van der Waals surface area contributed by atoms with E-state index in [4.69, 9.17) is 0 Å². The zero-order valence-corrected chi connectivity index (χ0v) is 5.55. The van der Waals surface area contributed by atoms with Gasteiger partial charge in [-0.3, -0.25) is 4.79 Å². The Morgan fingerprint density at radius 2 is 2.56 bits per heavy atom. The van der Waals surface area contributed by atoms with Gasteiger partial charge >= 0.3 is 0 Å². The molecule has 0 heterocycles. The summed E-state index contributed by atoms with van der Waals surface area (Å²) in [6.45, 7) is 5.60. The zero-order chi connectivity index (χ0) is 6.85. The van der Waals surface area contributed by atoms with Crippen molar-refractivity contribution in [3.8, 4) is 0 Å². The molecule has 0 amide bonds. The first-order valence-electron chi connectivity index (χ1n) is 3.06. The van der Waals surface area contributed by atoms with Gasteiger partial charge in [0.05, 0.1) is 5.92 Å². The Kier molecular flexibility index (Phi) is 1.52. The molecule has 1 aliphatic rings. The van der Waals surface area contributed by atoms with Crippen molar-refractivity contribution in [2.75, 3.05) is 0 Å². The first kappa shape index (κ1) is 6.27. The summed E-state index contributed by atoms with van der Waals surface area (Å²) in [4.78, 5) is 10.9. The van der Waals surface area contributed by atoms with E-state index in [2.05, 4.69) is 6.58 Å². The van der Waals surface area contributed by atoms with Crippen LogP contribution in [0.2, 0.25) is 0 Å². The van der Waals surface area contributed by atoms with Crippen molar-refractivity contribution in [1.29, 1.82) is 0 Å². The molecule has 0 aromatic rings. The Balaban J connectivity index is 2.71. The van der Waals surface area contributed by atoms with Gasteiger partial charge in [0.1, 0.15) is 5.78 Å². The Bertz CT molecular complexity index is 177. The maximum Gasteiger partial charge on any atom is 0.147 e. The van der Waals surface area contributed by atoms with Crippen molar-refractivity contribution in [3.05, 3.63) is 24.3 Å². The molecule has 1 rings (SSSR count). The van der Waals surface area contributed by atoms with E-state index >= 15 is 0 Å². The standard InChI is InChI=1S/C8H10O/c1-6(2)7-4-3-5-8(7)9/h3-4,7H,1,5H2,2H3. The van der Waals surface area contributed by atoms with Gasteiger partial charge in [-0.05, 0) is 6.92 Å². The summed E-state index contributed by atoms with van der Waals surface area (Å²) >= 11 is 0. The third-order valence-electron chi connectivity index (χ3n) is 1.53. The number of hydrogen-bond acceptors (Lipinski definition) is 1. The maximum atomic E-state index is 10.9. The molecule has 0 radical (unpaired) electrons. The quantitative estimate of drug-likeness (QED) is 0.484. The van der Waals surface area contributed by atoms with Crippen LogP contribution < -0.4 is 0 Å². The molecule has 0 saturated carbocycles. The van der Waals surface area contributed by atoms with Gasteiger partial charge in [-0.25, -0.2) is 0 Å². The van der Waals surface area contributed by atoms with E-state index in [1.165, 1.54) is 0 Å². The van der Waals surface area contributed by atoms with Crippen LogP contribution in [0.1, 0.15) is 13.3 Å². The molecule has 1 aliphatic carbocycles. The molecule has 9 heavy (non-hydrogen) atoms. The lowest BCUT2D eigenvalue weighted by molar-refractivity contribution is -0.119. The average Bonchev–Trinajstić information content (AvgIpc) is 2.13. The summed E-state index contributed by atoms with van der Waals surface area (Å²) < 4.78 is 0. The number of rotatable bonds is 1. The lowest BCUT2D eigenvalue weighted by atomic mass is 10.0. The Morgan fingerprint density at radius 3 is 2.78 bits per heavy atom. The molecular weight excluding hydrogens is 112 g/mol. The predicted octanol–water partition coefficient (Wildman–Crippen LogP) is 1.71. The Labute approximate surface area is 55.1 Å². The molecule has 1 atom stereocenters. The molecule has 48 valence electrons. The fourth-order valence-corrected chi connectivity index (χ4v) is 0.994. The Hall–Kier alpha value is -0.850. The summed E-state index contributed by atoms with van der Waals surface area (Å²) in [6, 6.07) is 0. The molecule has 0 aromatic heterocycles. The van der Waals surface area contributed by atoms with Crippen LogP contribution >= 0.6 is 0 Å². The van der Waals surface area contributed by atoms with Crippen molar-refractivity contribution < 1.29 is 4.79 Å². The van der Waals surface area contributed by atoms with E-state index in [1.807, 2.05) is 19.1 Å². The molecule has 0 aliphatic heterocycles. The van der Waals surface area contributed by atoms with E-state index in [0.29, 0.717) is 6.42 Å². The van der Waals surface area contributed by atoms with E-state index < -0.39 is 0 Å². The second-order valence-electron chi connectivity index (χ2n) is 2.42. The minimum Gasteiger partial charge on any atom is -0.298 e. The normalized spacial score (nSPS) is 25.0. The van der Waals surface area contributed by atoms with Gasteiger partial charge in [-0.2, -0.15) is 0 Å². The summed E-state index contributed by atoms with van der Waals surface area (Å²) in [7, 11) is 0. The fourth-order valence-electron chi connectivity index (χ4n) is 0.994. The smallest absolute Gasteiger partial charge is 0.147 e. The van der Waals surface area contributed by atoms with Crippen LogP contribution in [0.5, 0.6) is 0 Å². The van der Waals surface area contributed by atoms with Crippen molar-refractivity contribution in [2.45, 2.75) is 13.3 Å². The zero-order valence-electron chi connectivity index (χ0n) is 5.55. The molecule has 1 unspecified atom stereocenters. The van der Waals surface area contributed by atoms with Gasteiger partial charge in [0.15, 0.2) is 0 Å². The van der Waals surface area contributed by atoms with Crippen molar-refractivity contribution in [3.63, 3.8) is 0 Å². The van der Waals surface area contributed by atoms with E-state index in [1.54, 1.807) is 0 Å². The molecule has 0 spiro atoms. The van der Waals surface area contributed by atoms with Crippen LogP contribution in [0.4, 0.5) is 0 Å². The van der Waals surface area contributed by atoms with Crippen LogP contribution in [0, 0.1) is 5.92 Å². The third kappa shape index (κ3) is 1.10. The summed E-state index contributed by atoms with van der Waals surface area (Å²) in [5.41, 5.74) is 0.953. The number of carbonyl (C=O) groups is 1. The third-order valence-corrected chi connectivity index (χ3v) is 1.53. The first-order chi connectivity index (χ1) is 4.22. The number of ketones is 1. The second-order valence-corrected chi connectivity index (χ2v) is 2.42. The van der Waals surface area contributed by atoms with Gasteiger partial charge in [0.2, 0.25) is 0 Å². The Morgan fingerprint density at radius 1 is 1.89 bits per heavy atom. The summed E-state index contributed by atoms with van der Waals surface area (Å²) in [5.74, 6) is 0.299. The molecule has 1 nitrogen and oxygen atoms in total. The van der Waals surface area contributed by atoms with Gasteiger partial charge in [-0.15, -0.1) is 0 Å². The van der Waals surface area contributed by atoms with Crippen LogP contribution in [0.25, 0.3) is 0 Å². The van der Waals surface area contributed by atoms with Gasteiger partial charge in [0.25, 0.3) is 0 Å². The molecule has 0 aromatic carbocycles. The van der Waals surface area contributed by atoms with E-state index in [0.717, 1.165) is 5.57 Å². The highest BCUT2D eigenvalue weighted by atomic mass is 16.1. The molecule has 0 fully saturated rings. The molecule has 0 saturated heterocycles.